The zero-order valence-electron chi connectivity index (χ0n) is 13.7. The predicted molar refractivity (Wildman–Crippen MR) is 91.4 cm³/mol. The number of amides is 2. The molecule has 3 rings (SSSR count). The molecule has 0 aliphatic carbocycles. The van der Waals surface area contributed by atoms with Crippen LogP contribution in [0.1, 0.15) is 10.5 Å². The smallest absolute Gasteiger partial charge is 0.279 e. The minimum atomic E-state index is -0.381. The van der Waals surface area contributed by atoms with Crippen LogP contribution in [0.3, 0.4) is 0 Å². The van der Waals surface area contributed by atoms with Crippen LogP contribution < -0.4 is 15.5 Å². The molecule has 2 heterocycles. The van der Waals surface area contributed by atoms with Crippen LogP contribution in [0.25, 0.3) is 0 Å². The number of morpholine rings is 1. The summed E-state index contributed by atoms with van der Waals surface area (Å²) in [5.41, 5.74) is 1.28. The van der Waals surface area contributed by atoms with Crippen molar-refractivity contribution in [1.29, 1.82) is 0 Å². The largest absolute Gasteiger partial charge is 0.370 e. The summed E-state index contributed by atoms with van der Waals surface area (Å²) < 4.78 is 5.29. The van der Waals surface area contributed by atoms with E-state index in [2.05, 4.69) is 20.6 Å². The van der Waals surface area contributed by atoms with Crippen LogP contribution in [0.4, 0.5) is 11.4 Å². The van der Waals surface area contributed by atoms with E-state index in [9.17, 15) is 9.59 Å². The molecule has 1 saturated heterocycles. The molecule has 0 spiro atoms. The third kappa shape index (κ3) is 4.82. The number of aromatic nitrogens is 2. The molecule has 8 nitrogen and oxygen atoms in total. The Morgan fingerprint density at radius 2 is 1.80 bits per heavy atom. The molecule has 130 valence electrons. The summed E-state index contributed by atoms with van der Waals surface area (Å²) in [7, 11) is 0. The molecule has 1 aliphatic rings. The molecule has 0 radical (unpaired) electrons. The number of benzene rings is 1. The normalized spacial score (nSPS) is 14.7. The average molecular weight is 342 g/mol. The van der Waals surface area contributed by atoms with Crippen molar-refractivity contribution in [3.8, 4) is 0 Å². The van der Waals surface area contributed by atoms with Crippen LogP contribution in [0, 0.1) is 0 Å². The number of ether oxygens (including phenoxy) is 1. The van der Waals surface area contributed by atoms with Gasteiger partial charge < -0.3 is 20.3 Å². The highest BCUT2D eigenvalue weighted by Crippen LogP contribution is 2.21. The predicted octanol–water partition coefficient (Wildman–Crippen LogP) is -0.417. The van der Waals surface area contributed by atoms with Crippen molar-refractivity contribution in [2.45, 2.75) is 0 Å². The van der Waals surface area contributed by atoms with Gasteiger partial charge in [-0.15, -0.1) is 0 Å². The lowest BCUT2D eigenvalue weighted by atomic mass is 10.2. The van der Waals surface area contributed by atoms with Gasteiger partial charge in [0, 0.05) is 12.4 Å². The Hall–Kier alpha value is -2.84. The lowest BCUT2D eigenvalue weighted by molar-refractivity contribution is -0.899. The number of carbonyl (C=O) groups is 2. The Morgan fingerprint density at radius 1 is 1.08 bits per heavy atom. The van der Waals surface area contributed by atoms with Crippen LogP contribution in [-0.4, -0.2) is 54.6 Å². The first-order valence-corrected chi connectivity index (χ1v) is 8.10. The Kier molecular flexibility index (Phi) is 5.65. The van der Waals surface area contributed by atoms with E-state index >= 15 is 0 Å². The van der Waals surface area contributed by atoms with Crippen molar-refractivity contribution < 1.29 is 19.2 Å². The van der Waals surface area contributed by atoms with Crippen molar-refractivity contribution in [3.05, 3.63) is 48.5 Å². The highest BCUT2D eigenvalue weighted by atomic mass is 16.5. The summed E-state index contributed by atoms with van der Waals surface area (Å²) in [6.45, 7) is 3.35. The van der Waals surface area contributed by atoms with E-state index in [0.29, 0.717) is 31.1 Å². The fourth-order valence-corrected chi connectivity index (χ4v) is 2.56. The van der Waals surface area contributed by atoms with E-state index < -0.39 is 0 Å². The monoisotopic (exact) mass is 342 g/mol. The van der Waals surface area contributed by atoms with Gasteiger partial charge in [-0.25, -0.2) is 4.98 Å². The Balaban J connectivity index is 1.64. The van der Waals surface area contributed by atoms with Gasteiger partial charge in [0.05, 0.1) is 30.8 Å². The molecular formula is C17H20N5O3+. The second kappa shape index (κ2) is 8.32. The van der Waals surface area contributed by atoms with Crippen LogP contribution in [-0.2, 0) is 9.53 Å². The van der Waals surface area contributed by atoms with Crippen molar-refractivity contribution in [1.82, 2.24) is 9.97 Å². The van der Waals surface area contributed by atoms with Crippen molar-refractivity contribution in [2.75, 3.05) is 43.5 Å². The van der Waals surface area contributed by atoms with Crippen molar-refractivity contribution in [3.63, 3.8) is 0 Å². The molecule has 0 atom stereocenters. The minimum absolute atomic E-state index is 0.0990. The number of quaternary nitrogens is 1. The van der Waals surface area contributed by atoms with E-state index in [0.717, 1.165) is 13.1 Å². The average Bonchev–Trinajstić information content (AvgIpc) is 2.65. The first kappa shape index (κ1) is 17.0. The number of carbonyl (C=O) groups excluding carboxylic acids is 2. The summed E-state index contributed by atoms with van der Waals surface area (Å²) in [4.78, 5) is 33.5. The molecule has 2 amide bonds. The summed E-state index contributed by atoms with van der Waals surface area (Å²) >= 11 is 0. The lowest BCUT2D eigenvalue weighted by Gasteiger charge is -2.23. The summed E-state index contributed by atoms with van der Waals surface area (Å²) in [5, 5.41) is 5.62. The second-order valence-electron chi connectivity index (χ2n) is 5.68. The number of para-hydroxylation sites is 2. The van der Waals surface area contributed by atoms with E-state index in [-0.39, 0.29) is 17.5 Å². The van der Waals surface area contributed by atoms with E-state index in [1.165, 1.54) is 23.5 Å². The second-order valence-corrected chi connectivity index (χ2v) is 5.68. The first-order chi connectivity index (χ1) is 12.2. The standard InChI is InChI=1S/C17H19N5O3/c23-16(12-22-7-9-25-10-8-22)20-13-3-1-2-4-14(13)21-17(24)15-11-18-5-6-19-15/h1-6,11H,7-10,12H2,(H,20,23)(H,21,24)/p+1. The zero-order valence-corrected chi connectivity index (χ0v) is 13.7. The lowest BCUT2D eigenvalue weighted by Crippen LogP contribution is -3.15. The Morgan fingerprint density at radius 3 is 2.48 bits per heavy atom. The third-order valence-corrected chi connectivity index (χ3v) is 3.86. The fraction of sp³-hybridized carbons (Fsp3) is 0.294. The number of nitrogens with one attached hydrogen (secondary N) is 3. The van der Waals surface area contributed by atoms with Crippen molar-refractivity contribution >= 4 is 23.2 Å². The molecule has 0 saturated carbocycles. The number of hydrogen-bond donors (Lipinski definition) is 3. The topological polar surface area (TPSA) is 97.7 Å². The molecule has 2 aromatic rings. The molecule has 0 bridgehead atoms. The van der Waals surface area contributed by atoms with E-state index in [4.69, 9.17) is 4.74 Å². The highest BCUT2D eigenvalue weighted by molar-refractivity contribution is 6.06. The molecule has 1 fully saturated rings. The maximum Gasteiger partial charge on any atom is 0.279 e. The molecule has 1 aromatic carbocycles. The van der Waals surface area contributed by atoms with Crippen LogP contribution in [0.15, 0.2) is 42.9 Å². The number of anilines is 2. The molecule has 1 aliphatic heterocycles. The summed E-state index contributed by atoms with van der Waals surface area (Å²) in [6, 6.07) is 7.06. The fourth-order valence-electron chi connectivity index (χ4n) is 2.56. The first-order valence-electron chi connectivity index (χ1n) is 8.10. The molecular weight excluding hydrogens is 322 g/mol. The summed E-state index contributed by atoms with van der Waals surface area (Å²) in [6.07, 6.45) is 4.34. The van der Waals surface area contributed by atoms with Gasteiger partial charge in [0.1, 0.15) is 18.8 Å². The molecule has 8 heteroatoms. The van der Waals surface area contributed by atoms with Crippen LogP contribution >= 0.6 is 0 Å². The van der Waals surface area contributed by atoms with Gasteiger partial charge in [-0.3, -0.25) is 14.6 Å². The third-order valence-electron chi connectivity index (χ3n) is 3.86. The Bertz CT molecular complexity index is 732. The van der Waals surface area contributed by atoms with E-state index in [1.807, 2.05) is 0 Å². The maximum absolute atomic E-state index is 12.3. The van der Waals surface area contributed by atoms with Crippen molar-refractivity contribution in [2.24, 2.45) is 0 Å². The van der Waals surface area contributed by atoms with Crippen LogP contribution in [0.2, 0.25) is 0 Å². The highest BCUT2D eigenvalue weighted by Gasteiger charge is 2.18. The van der Waals surface area contributed by atoms with Gasteiger partial charge in [0.25, 0.3) is 11.8 Å². The SMILES string of the molecule is O=C(C[NH+]1CCOCC1)Nc1ccccc1NC(=O)c1cnccn1. The van der Waals surface area contributed by atoms with Gasteiger partial charge in [0.15, 0.2) is 6.54 Å². The Labute approximate surface area is 145 Å². The number of hydrogen-bond acceptors (Lipinski definition) is 5. The maximum atomic E-state index is 12.3. The van der Waals surface area contributed by atoms with Gasteiger partial charge in [-0.05, 0) is 12.1 Å². The van der Waals surface area contributed by atoms with Gasteiger partial charge in [-0.1, -0.05) is 12.1 Å². The molecule has 25 heavy (non-hydrogen) atoms. The molecule has 3 N–H and O–H groups in total. The molecule has 0 unspecified atom stereocenters. The number of nitrogens with zero attached hydrogens (tertiary/aromatic N) is 2. The van der Waals surface area contributed by atoms with Gasteiger partial charge >= 0.3 is 0 Å². The number of rotatable bonds is 5. The van der Waals surface area contributed by atoms with Gasteiger partial charge in [0.2, 0.25) is 0 Å². The zero-order chi connectivity index (χ0) is 17.5. The minimum Gasteiger partial charge on any atom is -0.370 e. The van der Waals surface area contributed by atoms with E-state index in [1.54, 1.807) is 24.3 Å². The summed E-state index contributed by atoms with van der Waals surface area (Å²) in [5.74, 6) is -0.480. The molecule has 1 aromatic heterocycles. The van der Waals surface area contributed by atoms with Gasteiger partial charge in [-0.2, -0.15) is 0 Å². The van der Waals surface area contributed by atoms with Crippen LogP contribution in [0.5, 0.6) is 0 Å². The quantitative estimate of drug-likeness (QED) is 0.686.